The van der Waals surface area contributed by atoms with E-state index in [4.69, 9.17) is 14.2 Å². The fourth-order valence-corrected chi connectivity index (χ4v) is 6.14. The van der Waals surface area contributed by atoms with Gasteiger partial charge in [-0.3, -0.25) is 14.4 Å². The van der Waals surface area contributed by atoms with Gasteiger partial charge in [-0.25, -0.2) is 0 Å². The number of rotatable bonds is 22. The van der Waals surface area contributed by atoms with Crippen LogP contribution in [0.15, 0.2) is 60.7 Å². The van der Waals surface area contributed by atoms with Crippen molar-refractivity contribution in [1.29, 1.82) is 0 Å². The van der Waals surface area contributed by atoms with Crippen LogP contribution in [0.25, 0.3) is 0 Å². The predicted octanol–water partition coefficient (Wildman–Crippen LogP) is 8.14. The number of hydrogen-bond acceptors (Lipinski definition) is 7. The van der Waals surface area contributed by atoms with Gasteiger partial charge in [0.1, 0.15) is 17.2 Å². The van der Waals surface area contributed by atoms with Crippen LogP contribution < -0.4 is 14.2 Å². The summed E-state index contributed by atoms with van der Waals surface area (Å²) in [7, 11) is 1.40. The van der Waals surface area contributed by atoms with Crippen molar-refractivity contribution < 1.29 is 38.4 Å². The first-order valence-electron chi connectivity index (χ1n) is 17.5. The van der Waals surface area contributed by atoms with Crippen LogP contribution in [0.5, 0.6) is 17.2 Å². The lowest BCUT2D eigenvalue weighted by atomic mass is 9.96. The highest BCUT2D eigenvalue weighted by Crippen LogP contribution is 2.37. The molecule has 258 valence electrons. The quantitative estimate of drug-likeness (QED) is 0.0852. The number of aryl methyl sites for hydroxylation is 2. The minimum atomic E-state index is -0.824. The number of ether oxygens (including phenoxy) is 4. The number of aliphatic carboxylic acids is 1. The van der Waals surface area contributed by atoms with E-state index in [0.717, 1.165) is 98.8 Å². The third-order valence-corrected chi connectivity index (χ3v) is 8.76. The molecule has 0 aliphatic carbocycles. The van der Waals surface area contributed by atoms with Gasteiger partial charge >= 0.3 is 11.9 Å². The van der Waals surface area contributed by atoms with Gasteiger partial charge in [0.05, 0.1) is 32.5 Å². The second-order valence-electron chi connectivity index (χ2n) is 12.3. The Kier molecular flexibility index (Phi) is 15.3. The van der Waals surface area contributed by atoms with Gasteiger partial charge in [-0.1, -0.05) is 55.3 Å². The number of hydrogen-bond donors (Lipinski definition) is 1. The summed E-state index contributed by atoms with van der Waals surface area (Å²) < 4.78 is 23.1. The van der Waals surface area contributed by atoms with Crippen molar-refractivity contribution in [2.45, 2.75) is 96.3 Å². The lowest BCUT2D eigenvalue weighted by Gasteiger charge is -2.22. The molecule has 48 heavy (non-hydrogen) atoms. The summed E-state index contributed by atoms with van der Waals surface area (Å²) in [6.45, 7) is 1.52. The van der Waals surface area contributed by atoms with Crippen LogP contribution in [0, 0.1) is 0 Å². The van der Waals surface area contributed by atoms with Crippen molar-refractivity contribution in [2.24, 2.45) is 0 Å². The number of Topliss-reactive ketones (excluding diaryl/α,β-unsaturated/α-hetero) is 1. The molecule has 0 radical (unpaired) electrons. The smallest absolute Gasteiger partial charge is 0.305 e. The standard InChI is InChI=1S/C40H50O8/c1-45-39(44)21-9-5-11-28-46-36-20-13-18-31(32(36)23-25-38(42)43)17-8-2-3-10-27-47-37-24-22-33-35(41)26-29-48-40(33)34(37)19-12-16-30-14-6-4-7-15-30/h4,6-7,13-15,18,20,22,24H,2-3,5,8-12,16-17,19,21,23,25-29H2,1H3,(H,42,43). The van der Waals surface area contributed by atoms with Crippen molar-refractivity contribution in [3.05, 3.63) is 88.5 Å². The van der Waals surface area contributed by atoms with Gasteiger partial charge in [-0.05, 0) is 99.1 Å². The van der Waals surface area contributed by atoms with Crippen LogP contribution in [0.2, 0.25) is 0 Å². The zero-order valence-corrected chi connectivity index (χ0v) is 28.3. The molecule has 0 saturated carbocycles. The summed E-state index contributed by atoms with van der Waals surface area (Å²) in [4.78, 5) is 35.2. The third-order valence-electron chi connectivity index (χ3n) is 8.76. The summed E-state index contributed by atoms with van der Waals surface area (Å²) >= 11 is 0. The van der Waals surface area contributed by atoms with Crippen LogP contribution in [0.1, 0.15) is 103 Å². The van der Waals surface area contributed by atoms with E-state index >= 15 is 0 Å². The second kappa shape index (κ2) is 20.1. The first-order chi connectivity index (χ1) is 23.5. The van der Waals surface area contributed by atoms with Gasteiger partial charge in [0.15, 0.2) is 5.78 Å². The normalized spacial score (nSPS) is 12.2. The average Bonchev–Trinajstić information content (AvgIpc) is 3.09. The van der Waals surface area contributed by atoms with Gasteiger partial charge in [-0.2, -0.15) is 0 Å². The Bertz CT molecular complexity index is 1470. The molecule has 4 rings (SSSR count). The third kappa shape index (κ3) is 11.7. The van der Waals surface area contributed by atoms with Gasteiger partial charge < -0.3 is 24.1 Å². The zero-order chi connectivity index (χ0) is 34.0. The molecule has 1 N–H and O–H groups in total. The number of ketones is 1. The van der Waals surface area contributed by atoms with Crippen molar-refractivity contribution in [1.82, 2.24) is 0 Å². The number of esters is 1. The molecule has 0 atom stereocenters. The zero-order valence-electron chi connectivity index (χ0n) is 28.3. The number of methoxy groups -OCH3 is 1. The minimum Gasteiger partial charge on any atom is -0.493 e. The number of carbonyl (C=O) groups is 3. The Morgan fingerprint density at radius 3 is 2.19 bits per heavy atom. The molecule has 1 heterocycles. The van der Waals surface area contributed by atoms with E-state index in [0.29, 0.717) is 50.4 Å². The molecular weight excluding hydrogens is 608 g/mol. The molecule has 0 bridgehead atoms. The van der Waals surface area contributed by atoms with Gasteiger partial charge in [0, 0.05) is 24.8 Å². The molecule has 8 heteroatoms. The van der Waals surface area contributed by atoms with Crippen molar-refractivity contribution in [3.8, 4) is 17.2 Å². The van der Waals surface area contributed by atoms with Crippen LogP contribution in [0.3, 0.4) is 0 Å². The molecule has 1 aliphatic heterocycles. The molecule has 1 aliphatic rings. The predicted molar refractivity (Wildman–Crippen MR) is 185 cm³/mol. The maximum atomic E-state index is 12.6. The largest absolute Gasteiger partial charge is 0.493 e. The molecular formula is C40H50O8. The Morgan fingerprint density at radius 1 is 0.708 bits per heavy atom. The number of unbranched alkanes of at least 4 members (excludes halogenated alkanes) is 5. The van der Waals surface area contributed by atoms with Crippen LogP contribution in [0.4, 0.5) is 0 Å². The van der Waals surface area contributed by atoms with Crippen molar-refractivity contribution >= 4 is 17.7 Å². The Balaban J connectivity index is 1.25. The van der Waals surface area contributed by atoms with E-state index < -0.39 is 5.97 Å². The first kappa shape index (κ1) is 36.5. The number of carboxylic acids is 1. The topological polar surface area (TPSA) is 108 Å². The van der Waals surface area contributed by atoms with Gasteiger partial charge in [0.25, 0.3) is 0 Å². The summed E-state index contributed by atoms with van der Waals surface area (Å²) in [5.74, 6) is 1.36. The first-order valence-corrected chi connectivity index (χ1v) is 17.5. The van der Waals surface area contributed by atoms with E-state index in [1.54, 1.807) is 0 Å². The van der Waals surface area contributed by atoms with Crippen LogP contribution in [-0.2, 0) is 40.0 Å². The molecule has 0 amide bonds. The molecule has 0 fully saturated rings. The summed E-state index contributed by atoms with van der Waals surface area (Å²) in [5.41, 5.74) is 5.06. The molecule has 3 aromatic rings. The summed E-state index contributed by atoms with van der Waals surface area (Å²) in [5, 5.41) is 9.34. The molecule has 0 saturated heterocycles. The molecule has 3 aromatic carbocycles. The van der Waals surface area contributed by atoms with E-state index in [9.17, 15) is 19.5 Å². The monoisotopic (exact) mass is 658 g/mol. The van der Waals surface area contributed by atoms with E-state index in [-0.39, 0.29) is 18.2 Å². The number of carbonyl (C=O) groups excluding carboxylic acids is 2. The SMILES string of the molecule is COC(=O)CCCCCOc1cccc(CCCCCCOc2ccc3c(c2CCCc2ccccc2)OCCC3=O)c1CCC(=O)O. The fraction of sp³-hybridized carbons (Fsp3) is 0.475. The van der Waals surface area contributed by atoms with Gasteiger partial charge in [-0.15, -0.1) is 0 Å². The highest BCUT2D eigenvalue weighted by Gasteiger charge is 2.24. The minimum absolute atomic E-state index is 0.0555. The molecule has 0 aromatic heterocycles. The van der Waals surface area contributed by atoms with E-state index in [2.05, 4.69) is 35.1 Å². The molecule has 0 spiro atoms. The number of carboxylic acid groups (broad SMARTS) is 1. The molecule has 8 nitrogen and oxygen atoms in total. The van der Waals surface area contributed by atoms with E-state index in [1.807, 2.05) is 30.3 Å². The van der Waals surface area contributed by atoms with Gasteiger partial charge in [0.2, 0.25) is 0 Å². The highest BCUT2D eigenvalue weighted by atomic mass is 16.5. The Labute approximate surface area is 284 Å². The van der Waals surface area contributed by atoms with E-state index in [1.165, 1.54) is 12.7 Å². The Morgan fingerprint density at radius 2 is 1.44 bits per heavy atom. The number of fused-ring (bicyclic) bond motifs is 1. The molecule has 0 unspecified atom stereocenters. The summed E-state index contributed by atoms with van der Waals surface area (Å²) in [6.07, 6.45) is 11.2. The highest BCUT2D eigenvalue weighted by molar-refractivity contribution is 6.00. The lowest BCUT2D eigenvalue weighted by molar-refractivity contribution is -0.141. The van der Waals surface area contributed by atoms with Crippen molar-refractivity contribution in [3.63, 3.8) is 0 Å². The second-order valence-corrected chi connectivity index (χ2v) is 12.3. The lowest BCUT2D eigenvalue weighted by Crippen LogP contribution is -2.17. The van der Waals surface area contributed by atoms with Crippen LogP contribution in [-0.4, -0.2) is 49.8 Å². The maximum Gasteiger partial charge on any atom is 0.305 e. The fourth-order valence-electron chi connectivity index (χ4n) is 6.14. The maximum absolute atomic E-state index is 12.6. The average molecular weight is 659 g/mol. The summed E-state index contributed by atoms with van der Waals surface area (Å²) in [6, 6.07) is 20.2. The number of benzene rings is 3. The van der Waals surface area contributed by atoms with Crippen molar-refractivity contribution in [2.75, 3.05) is 26.9 Å². The Hall–Kier alpha value is -4.33. The van der Waals surface area contributed by atoms with Crippen LogP contribution >= 0.6 is 0 Å².